The van der Waals surface area contributed by atoms with E-state index in [-0.39, 0.29) is 35.8 Å². The van der Waals surface area contributed by atoms with Gasteiger partial charge in [0, 0.05) is 12.2 Å². The standard InChI is InChI=1S/C42H61FN3O17P3S/c1-3-5-6-7-8-9-10-11-12-13-14-15-16-17-26-55-42(49)60-35-24-20-33(21-25-35)29-58-66(54,57-28-32-18-22-34(23-19-32)59-38(47)4-2)63-65(52,53)62-64(50,51)56-30-39-61-37(31-67-39)46-27-36(43)40(44)45-41(46)48/h18-25,27,37,39H,3-17,26,28-31H2,1-2H3,(H,50,51)(H,52,53)(H2,44,45,48)/t37-,39+,66?/m0/s1. The zero-order valence-electron chi connectivity index (χ0n) is 37.6. The summed E-state index contributed by atoms with van der Waals surface area (Å²) < 4.78 is 100. The lowest BCUT2D eigenvalue weighted by Gasteiger charge is -2.22. The lowest BCUT2D eigenvalue weighted by atomic mass is 10.0. The van der Waals surface area contributed by atoms with Gasteiger partial charge in [-0.25, -0.2) is 27.7 Å². The molecule has 1 saturated heterocycles. The van der Waals surface area contributed by atoms with Crippen LogP contribution in [0.5, 0.6) is 11.5 Å². The van der Waals surface area contributed by atoms with Crippen molar-refractivity contribution >= 4 is 53.2 Å². The van der Waals surface area contributed by atoms with E-state index in [0.717, 1.165) is 41.8 Å². The molecular weight excluding hydrogens is 962 g/mol. The Kier molecular flexibility index (Phi) is 24.2. The smallest absolute Gasteiger partial charge is 0.434 e. The number of ether oxygens (including phenoxy) is 4. The Morgan fingerprint density at radius 1 is 0.776 bits per heavy atom. The second-order valence-electron chi connectivity index (χ2n) is 15.3. The van der Waals surface area contributed by atoms with Gasteiger partial charge in [-0.15, -0.1) is 11.8 Å². The number of phosphoric ester groups is 2. The van der Waals surface area contributed by atoms with Crippen molar-refractivity contribution in [3.05, 3.63) is 82.2 Å². The molecule has 0 aliphatic carbocycles. The lowest BCUT2D eigenvalue weighted by molar-refractivity contribution is -0.134. The van der Waals surface area contributed by atoms with Crippen LogP contribution in [-0.4, -0.2) is 55.9 Å². The van der Waals surface area contributed by atoms with Gasteiger partial charge in [0.15, 0.2) is 11.6 Å². The van der Waals surface area contributed by atoms with Gasteiger partial charge in [0.1, 0.15) is 23.2 Å². The molecule has 5 atom stereocenters. The molecular formula is C42H61FN3O17P3S. The molecule has 2 heterocycles. The number of rotatable bonds is 32. The molecule has 1 aliphatic rings. The number of esters is 1. The summed E-state index contributed by atoms with van der Waals surface area (Å²) in [5, 5.41) is 0. The second kappa shape index (κ2) is 28.9. The van der Waals surface area contributed by atoms with E-state index in [0.29, 0.717) is 12.0 Å². The van der Waals surface area contributed by atoms with Crippen molar-refractivity contribution in [2.75, 3.05) is 24.7 Å². The monoisotopic (exact) mass is 1020 g/mol. The molecule has 0 bridgehead atoms. The van der Waals surface area contributed by atoms with E-state index >= 15 is 0 Å². The quantitative estimate of drug-likeness (QED) is 0.0172. The summed E-state index contributed by atoms with van der Waals surface area (Å²) in [7, 11) is -16.5. The van der Waals surface area contributed by atoms with Gasteiger partial charge < -0.3 is 34.5 Å². The molecule has 67 heavy (non-hydrogen) atoms. The Bertz CT molecular complexity index is 2210. The summed E-state index contributed by atoms with van der Waals surface area (Å²) in [6.07, 6.45) is 15.7. The van der Waals surface area contributed by atoms with Gasteiger partial charge in [0.05, 0.1) is 32.6 Å². The van der Waals surface area contributed by atoms with Crippen molar-refractivity contribution in [2.24, 2.45) is 0 Å². The molecule has 0 spiro atoms. The third-order valence-electron chi connectivity index (χ3n) is 9.83. The van der Waals surface area contributed by atoms with Crippen molar-refractivity contribution in [3.63, 3.8) is 0 Å². The van der Waals surface area contributed by atoms with Crippen molar-refractivity contribution in [2.45, 2.75) is 135 Å². The highest BCUT2D eigenvalue weighted by Crippen LogP contribution is 2.69. The van der Waals surface area contributed by atoms with Crippen LogP contribution in [0.2, 0.25) is 0 Å². The summed E-state index contributed by atoms with van der Waals surface area (Å²) in [5.74, 6) is -1.72. The summed E-state index contributed by atoms with van der Waals surface area (Å²) >= 11 is 0.981. The van der Waals surface area contributed by atoms with E-state index in [4.69, 9.17) is 42.6 Å². The van der Waals surface area contributed by atoms with Gasteiger partial charge in [-0.2, -0.15) is 13.6 Å². The number of nitrogen functional groups attached to an aromatic ring is 1. The van der Waals surface area contributed by atoms with E-state index < -0.39 is 84.4 Å². The molecule has 4 N–H and O–H groups in total. The van der Waals surface area contributed by atoms with Crippen molar-refractivity contribution in [1.29, 1.82) is 0 Å². The first-order valence-electron chi connectivity index (χ1n) is 22.1. The lowest BCUT2D eigenvalue weighted by Crippen LogP contribution is -2.30. The van der Waals surface area contributed by atoms with Crippen molar-refractivity contribution in [1.82, 2.24) is 9.55 Å². The van der Waals surface area contributed by atoms with Gasteiger partial charge in [-0.3, -0.25) is 22.9 Å². The number of phosphoric acid groups is 3. The number of carbonyl (C=O) groups excluding carboxylic acids is 2. The first-order valence-corrected chi connectivity index (χ1v) is 27.6. The number of hydrogen-bond acceptors (Lipinski definition) is 18. The fourth-order valence-electron chi connectivity index (χ4n) is 6.27. The third kappa shape index (κ3) is 21.8. The van der Waals surface area contributed by atoms with E-state index in [9.17, 15) is 42.3 Å². The molecule has 1 fully saturated rings. The van der Waals surface area contributed by atoms with Gasteiger partial charge in [0.25, 0.3) is 0 Å². The fourth-order valence-corrected chi connectivity index (χ4v) is 11.4. The van der Waals surface area contributed by atoms with E-state index in [2.05, 4.69) is 16.2 Å². The molecule has 20 nitrogen and oxygen atoms in total. The van der Waals surface area contributed by atoms with E-state index in [1.54, 1.807) is 6.92 Å². The molecule has 3 aromatic rings. The number of hydrogen-bond donors (Lipinski definition) is 3. The normalized spacial score (nSPS) is 17.6. The van der Waals surface area contributed by atoms with Gasteiger partial charge in [-0.05, 0) is 41.8 Å². The van der Waals surface area contributed by atoms with Crippen LogP contribution >= 0.6 is 35.2 Å². The highest BCUT2D eigenvalue weighted by molar-refractivity contribution is 8.00. The van der Waals surface area contributed by atoms with E-state index in [1.807, 2.05) is 0 Å². The number of anilines is 1. The fraction of sp³-hybridized carbons (Fsp3) is 0.571. The van der Waals surface area contributed by atoms with Crippen LogP contribution in [0.3, 0.4) is 0 Å². The van der Waals surface area contributed by atoms with E-state index in [1.165, 1.54) is 113 Å². The number of carbonyl (C=O) groups is 2. The number of aromatic nitrogens is 2. The molecule has 0 amide bonds. The van der Waals surface area contributed by atoms with Crippen molar-refractivity contribution in [3.8, 4) is 11.5 Å². The Labute approximate surface area is 393 Å². The summed E-state index contributed by atoms with van der Waals surface area (Å²) in [5.41, 5.74) is 3.92. The Hall–Kier alpha value is -3.49. The van der Waals surface area contributed by atoms with Crippen LogP contribution in [0.15, 0.2) is 59.5 Å². The molecule has 374 valence electrons. The zero-order chi connectivity index (χ0) is 48.7. The Morgan fingerprint density at radius 2 is 1.30 bits per heavy atom. The summed E-state index contributed by atoms with van der Waals surface area (Å²) in [4.78, 5) is 60.3. The molecule has 2 aromatic carbocycles. The topological polar surface area (TPSA) is 270 Å². The molecule has 25 heteroatoms. The highest BCUT2D eigenvalue weighted by atomic mass is 32.2. The average Bonchev–Trinajstić information content (AvgIpc) is 3.76. The maximum absolute atomic E-state index is 13.9. The van der Waals surface area contributed by atoms with Gasteiger partial charge in [-0.1, -0.05) is 122 Å². The number of nitrogens with two attached hydrogens (primary N) is 1. The number of halogens is 1. The number of benzene rings is 2. The van der Waals surface area contributed by atoms with Crippen LogP contribution in [0.4, 0.5) is 15.0 Å². The third-order valence-corrected chi connectivity index (χ3v) is 15.6. The maximum Gasteiger partial charge on any atom is 0.513 e. The highest BCUT2D eigenvalue weighted by Gasteiger charge is 2.44. The van der Waals surface area contributed by atoms with Crippen LogP contribution in [0.1, 0.15) is 128 Å². The predicted molar refractivity (Wildman–Crippen MR) is 245 cm³/mol. The average molecular weight is 1020 g/mol. The van der Waals surface area contributed by atoms with Crippen LogP contribution in [0, 0.1) is 5.82 Å². The van der Waals surface area contributed by atoms with Crippen LogP contribution in [-0.2, 0) is 63.4 Å². The second-order valence-corrected chi connectivity index (χ2v) is 21.4. The number of unbranched alkanes of at least 4 members (excludes halogenated alkanes) is 13. The Balaban J connectivity index is 1.25. The summed E-state index contributed by atoms with van der Waals surface area (Å²) in [6.45, 7) is 2.13. The van der Waals surface area contributed by atoms with Crippen LogP contribution in [0.25, 0.3) is 0 Å². The molecule has 1 aliphatic heterocycles. The number of thioether (sulfide) groups is 1. The minimum absolute atomic E-state index is 0.0452. The SMILES string of the molecule is CCCCCCCCCCCCCCCCOC(=O)Oc1ccc(COP(=O)(OCc2ccc(OC(=O)CC)cc2)OP(=O)(O)OP(=O)(O)OC[C@@H]2O[C@H](n3cc(F)c(N)nc3=O)CS2)cc1. The molecule has 0 radical (unpaired) electrons. The first kappa shape index (κ1) is 56.1. The minimum Gasteiger partial charge on any atom is -0.434 e. The van der Waals surface area contributed by atoms with Gasteiger partial charge in [0.2, 0.25) is 0 Å². The predicted octanol–water partition coefficient (Wildman–Crippen LogP) is 10.7. The first-order chi connectivity index (χ1) is 32.0. The number of nitrogens with zero attached hydrogens (tertiary/aromatic N) is 2. The largest absolute Gasteiger partial charge is 0.513 e. The molecule has 4 rings (SSSR count). The molecule has 1 aromatic heterocycles. The molecule has 3 unspecified atom stereocenters. The van der Waals surface area contributed by atoms with Gasteiger partial charge >= 0.3 is 41.3 Å². The zero-order valence-corrected chi connectivity index (χ0v) is 41.1. The maximum atomic E-state index is 13.9. The minimum atomic E-state index is -5.83. The Morgan fingerprint density at radius 3 is 1.84 bits per heavy atom. The van der Waals surface area contributed by atoms with Crippen LogP contribution < -0.4 is 20.9 Å². The van der Waals surface area contributed by atoms with Crippen molar-refractivity contribution < 1.29 is 78.6 Å². The summed E-state index contributed by atoms with van der Waals surface area (Å²) in [6, 6.07) is 11.3. The molecule has 0 saturated carbocycles.